The van der Waals surface area contributed by atoms with Crippen molar-refractivity contribution >= 4 is 13.3 Å². The Hall–Kier alpha value is 0.463. The van der Waals surface area contributed by atoms with Crippen LogP contribution in [0.25, 0.3) is 0 Å². The van der Waals surface area contributed by atoms with Crippen LogP contribution < -0.4 is 0 Å². The van der Waals surface area contributed by atoms with Gasteiger partial charge in [0.2, 0.25) is 0 Å². The molecule has 0 saturated carbocycles. The molecule has 22 heavy (non-hydrogen) atoms. The van der Waals surface area contributed by atoms with Gasteiger partial charge in [0.1, 0.15) is 0 Å². The monoisotopic (exact) mass is 374 g/mol. The summed E-state index contributed by atoms with van der Waals surface area (Å²) in [4.78, 5) is 0.606. The van der Waals surface area contributed by atoms with Gasteiger partial charge in [0, 0.05) is 0 Å². The van der Waals surface area contributed by atoms with Gasteiger partial charge in [-0.15, -0.1) is 0 Å². The summed E-state index contributed by atoms with van der Waals surface area (Å²) in [6.07, 6.45) is 12.4. The molecule has 0 amide bonds. The van der Waals surface area contributed by atoms with E-state index in [1.807, 2.05) is 0 Å². The summed E-state index contributed by atoms with van der Waals surface area (Å²) in [5.74, 6) is 0. The minimum atomic E-state index is -1.94. The second-order valence-electron chi connectivity index (χ2n) is 7.26. The van der Waals surface area contributed by atoms with Gasteiger partial charge in [-0.25, -0.2) is 0 Å². The zero-order valence-corrected chi connectivity index (χ0v) is 17.8. The second kappa shape index (κ2) is 11.9. The molecule has 0 aromatic rings. The topological polar surface area (TPSA) is 18.5 Å². The van der Waals surface area contributed by atoms with Crippen LogP contribution in [0.5, 0.6) is 0 Å². The second-order valence-corrected chi connectivity index (χ2v) is 17.5. The molecule has 0 bridgehead atoms. The van der Waals surface area contributed by atoms with Gasteiger partial charge in [-0.3, -0.25) is 0 Å². The van der Waals surface area contributed by atoms with Crippen molar-refractivity contribution in [2.45, 2.75) is 112 Å². The van der Waals surface area contributed by atoms with E-state index in [0.29, 0.717) is 17.8 Å². The van der Waals surface area contributed by atoms with Gasteiger partial charge in [-0.2, -0.15) is 0 Å². The van der Waals surface area contributed by atoms with Crippen LogP contribution in [0.2, 0.25) is 15.8 Å². The average Bonchev–Trinajstić information content (AvgIpc) is 2.55. The summed E-state index contributed by atoms with van der Waals surface area (Å²) in [6.45, 7) is 9.87. The van der Waals surface area contributed by atoms with Crippen LogP contribution in [0.1, 0.15) is 85.5 Å². The van der Waals surface area contributed by atoms with Gasteiger partial charge in [-0.05, 0) is 0 Å². The SMILES string of the molecule is CCC[CH2][Ge]([CH2]CCC)([CH2]CCC)[C@@H]1C[C@@H](CCC)OCO1. The van der Waals surface area contributed by atoms with Crippen LogP contribution >= 0.6 is 0 Å². The first-order valence-corrected chi connectivity index (χ1v) is 15.6. The molecule has 1 aliphatic heterocycles. The Morgan fingerprint density at radius 2 is 1.32 bits per heavy atom. The van der Waals surface area contributed by atoms with E-state index in [-0.39, 0.29) is 0 Å². The number of unbranched alkanes of at least 4 members (excludes halogenated alkanes) is 3. The molecule has 2 nitrogen and oxygen atoms in total. The van der Waals surface area contributed by atoms with Crippen LogP contribution in [0, 0.1) is 0 Å². The molecule has 2 atom stereocenters. The summed E-state index contributed by atoms with van der Waals surface area (Å²) in [7, 11) is 0. The van der Waals surface area contributed by atoms with Crippen molar-refractivity contribution in [2.75, 3.05) is 6.79 Å². The van der Waals surface area contributed by atoms with Crippen molar-refractivity contribution in [2.24, 2.45) is 0 Å². The molecule has 1 aliphatic rings. The summed E-state index contributed by atoms with van der Waals surface area (Å²) in [6, 6.07) is 0. The number of ether oxygens (including phenoxy) is 2. The van der Waals surface area contributed by atoms with Gasteiger partial charge in [0.15, 0.2) is 0 Å². The summed E-state index contributed by atoms with van der Waals surface area (Å²) < 4.78 is 12.1. The van der Waals surface area contributed by atoms with Gasteiger partial charge in [-0.1, -0.05) is 0 Å². The fourth-order valence-electron chi connectivity index (χ4n) is 3.99. The van der Waals surface area contributed by atoms with Crippen LogP contribution in [-0.2, 0) is 9.47 Å². The van der Waals surface area contributed by atoms with Crippen LogP contribution in [0.4, 0.5) is 0 Å². The minimum absolute atomic E-state index is 0.471. The molecule has 3 heteroatoms. The molecule has 0 spiro atoms. The van der Waals surface area contributed by atoms with Gasteiger partial charge in [0.25, 0.3) is 0 Å². The van der Waals surface area contributed by atoms with Crippen molar-refractivity contribution in [1.82, 2.24) is 0 Å². The number of hydrogen-bond donors (Lipinski definition) is 0. The third-order valence-electron chi connectivity index (χ3n) is 5.43. The quantitative estimate of drug-likeness (QED) is 0.374. The maximum atomic E-state index is 6.27. The van der Waals surface area contributed by atoms with Crippen molar-refractivity contribution in [3.63, 3.8) is 0 Å². The van der Waals surface area contributed by atoms with Crippen LogP contribution in [-0.4, -0.2) is 31.1 Å². The van der Waals surface area contributed by atoms with Crippen molar-refractivity contribution in [3.05, 3.63) is 0 Å². The van der Waals surface area contributed by atoms with Crippen LogP contribution in [0.3, 0.4) is 0 Å². The molecule has 0 aliphatic carbocycles. The van der Waals surface area contributed by atoms with E-state index >= 15 is 0 Å². The molecule has 0 aromatic heterocycles. The van der Waals surface area contributed by atoms with E-state index in [1.165, 1.54) is 73.5 Å². The summed E-state index contributed by atoms with van der Waals surface area (Å²) in [5.41, 5.74) is 0. The third kappa shape index (κ3) is 6.53. The number of rotatable bonds is 12. The van der Waals surface area contributed by atoms with Gasteiger partial charge in [0.05, 0.1) is 0 Å². The predicted octanol–water partition coefficient (Wildman–Crippen LogP) is 6.31. The molecule has 0 unspecified atom stereocenters. The van der Waals surface area contributed by atoms with E-state index in [1.54, 1.807) is 0 Å². The molecule has 1 rings (SSSR count). The molecule has 0 radical (unpaired) electrons. The molecule has 132 valence electrons. The van der Waals surface area contributed by atoms with E-state index in [4.69, 9.17) is 9.47 Å². The van der Waals surface area contributed by atoms with Gasteiger partial charge < -0.3 is 0 Å². The van der Waals surface area contributed by atoms with Crippen molar-refractivity contribution in [1.29, 1.82) is 0 Å². The Morgan fingerprint density at radius 1 is 0.773 bits per heavy atom. The fraction of sp³-hybridized carbons (Fsp3) is 1.00. The maximum absolute atomic E-state index is 6.27. The zero-order chi connectivity index (χ0) is 16.3. The Balaban J connectivity index is 2.82. The molecule has 1 fully saturated rings. The van der Waals surface area contributed by atoms with Crippen molar-refractivity contribution in [3.8, 4) is 0 Å². The van der Waals surface area contributed by atoms with E-state index in [0.717, 1.165) is 0 Å². The van der Waals surface area contributed by atoms with E-state index < -0.39 is 13.3 Å². The molecule has 0 N–H and O–H groups in total. The van der Waals surface area contributed by atoms with Crippen molar-refractivity contribution < 1.29 is 9.47 Å². The molecular weight excluding hydrogens is 333 g/mol. The first-order valence-electron chi connectivity index (χ1n) is 9.95. The first-order chi connectivity index (χ1) is 10.7. The normalized spacial score (nSPS) is 22.9. The van der Waals surface area contributed by atoms with Gasteiger partial charge >= 0.3 is 142 Å². The predicted molar refractivity (Wildman–Crippen MR) is 99.0 cm³/mol. The standard InChI is InChI=1S/C19H40GeO2/c1-5-9-13-20(14-10-6-2,15-11-7-3)19-16-18(12-8-4)21-17-22-19/h18-19H,5-17H2,1-4H3/t18-,19+/m1/s1. The molecular formula is C19H40GeO2. The van der Waals surface area contributed by atoms with E-state index in [2.05, 4.69) is 27.7 Å². The summed E-state index contributed by atoms with van der Waals surface area (Å²) in [5, 5.41) is 4.58. The van der Waals surface area contributed by atoms with Crippen LogP contribution in [0.15, 0.2) is 0 Å². The Labute approximate surface area is 142 Å². The number of hydrogen-bond acceptors (Lipinski definition) is 2. The molecule has 1 saturated heterocycles. The zero-order valence-electron chi connectivity index (χ0n) is 15.7. The summed E-state index contributed by atoms with van der Waals surface area (Å²) >= 11 is -1.94. The average molecular weight is 373 g/mol. The van der Waals surface area contributed by atoms with E-state index in [9.17, 15) is 0 Å². The first kappa shape index (κ1) is 20.5. The molecule has 0 aromatic carbocycles. The molecule has 1 heterocycles. The fourth-order valence-corrected chi connectivity index (χ4v) is 16.7. The Kier molecular flexibility index (Phi) is 11.1. The third-order valence-corrected chi connectivity index (χ3v) is 17.6. The Bertz CT molecular complexity index is 246. The Morgan fingerprint density at radius 3 is 1.77 bits per heavy atom.